The van der Waals surface area contributed by atoms with E-state index in [-0.39, 0.29) is 0 Å². The van der Waals surface area contributed by atoms with Crippen molar-refractivity contribution in [1.29, 1.82) is 0 Å². The van der Waals surface area contributed by atoms with Gasteiger partial charge in [-0.2, -0.15) is 5.10 Å². The Morgan fingerprint density at radius 3 is 2.56 bits per heavy atom. The van der Waals surface area contributed by atoms with Gasteiger partial charge in [0.05, 0.1) is 13.2 Å². The quantitative estimate of drug-likeness (QED) is 0.863. The highest BCUT2D eigenvalue weighted by molar-refractivity contribution is 7.71. The van der Waals surface area contributed by atoms with Crippen molar-refractivity contribution < 1.29 is 4.74 Å². The molecule has 18 heavy (non-hydrogen) atoms. The van der Waals surface area contributed by atoms with Crippen molar-refractivity contribution in [3.05, 3.63) is 34.1 Å². The Balaban J connectivity index is 2.47. The Bertz CT molecular complexity index is 580. The van der Waals surface area contributed by atoms with Gasteiger partial charge in [-0.15, -0.1) is 0 Å². The number of aromatic amines is 1. The average molecular weight is 263 g/mol. The van der Waals surface area contributed by atoms with Gasteiger partial charge in [-0.05, 0) is 38.2 Å². The van der Waals surface area contributed by atoms with Gasteiger partial charge in [-0.3, -0.25) is 9.67 Å². The maximum absolute atomic E-state index is 5.24. The summed E-state index contributed by atoms with van der Waals surface area (Å²) in [5.41, 5.74) is 3.52. The molecule has 0 aliphatic rings. The van der Waals surface area contributed by atoms with Crippen molar-refractivity contribution in [2.24, 2.45) is 0 Å². The van der Waals surface area contributed by atoms with Gasteiger partial charge in [0.15, 0.2) is 10.6 Å². The number of methoxy groups -OCH3 is 1. The highest BCUT2D eigenvalue weighted by atomic mass is 32.1. The molecule has 4 nitrogen and oxygen atoms in total. The molecule has 96 valence electrons. The summed E-state index contributed by atoms with van der Waals surface area (Å²) in [6, 6.07) is 6.37. The Morgan fingerprint density at radius 2 is 1.94 bits per heavy atom. The summed E-state index contributed by atoms with van der Waals surface area (Å²) in [7, 11) is 1.68. The monoisotopic (exact) mass is 263 g/mol. The first kappa shape index (κ1) is 13.0. The van der Waals surface area contributed by atoms with Crippen molar-refractivity contribution in [2.75, 3.05) is 13.7 Å². The lowest BCUT2D eigenvalue weighted by Crippen LogP contribution is -2.06. The third-order valence-corrected chi connectivity index (χ3v) is 3.07. The zero-order valence-corrected chi connectivity index (χ0v) is 11.7. The van der Waals surface area contributed by atoms with Crippen molar-refractivity contribution in [3.63, 3.8) is 0 Å². The van der Waals surface area contributed by atoms with Crippen molar-refractivity contribution in [1.82, 2.24) is 14.8 Å². The van der Waals surface area contributed by atoms with Crippen LogP contribution in [0.3, 0.4) is 0 Å². The summed E-state index contributed by atoms with van der Waals surface area (Å²) in [5.74, 6) is 0.865. The molecule has 0 bridgehead atoms. The molecule has 0 aliphatic heterocycles. The van der Waals surface area contributed by atoms with Crippen molar-refractivity contribution >= 4 is 12.2 Å². The molecule has 0 aliphatic carbocycles. The Kier molecular flexibility index (Phi) is 3.93. The van der Waals surface area contributed by atoms with E-state index in [1.54, 1.807) is 7.11 Å². The van der Waals surface area contributed by atoms with E-state index in [9.17, 15) is 0 Å². The molecule has 0 fully saturated rings. The van der Waals surface area contributed by atoms with Crippen LogP contribution in [-0.2, 0) is 11.3 Å². The molecule has 5 heteroatoms. The molecule has 1 aromatic carbocycles. The second-order valence-electron chi connectivity index (χ2n) is 4.37. The van der Waals surface area contributed by atoms with Gasteiger partial charge < -0.3 is 4.74 Å². The molecule has 2 aromatic rings. The van der Waals surface area contributed by atoms with Gasteiger partial charge >= 0.3 is 0 Å². The summed E-state index contributed by atoms with van der Waals surface area (Å²) in [4.78, 5) is 0. The number of aryl methyl sites for hydroxylation is 2. The van der Waals surface area contributed by atoms with E-state index in [0.29, 0.717) is 17.9 Å². The number of rotatable bonds is 4. The minimum Gasteiger partial charge on any atom is -0.383 e. The minimum atomic E-state index is 0.617. The van der Waals surface area contributed by atoms with Crippen molar-refractivity contribution in [3.8, 4) is 11.4 Å². The minimum absolute atomic E-state index is 0.617. The smallest absolute Gasteiger partial charge is 0.195 e. The molecule has 0 radical (unpaired) electrons. The molecule has 1 aromatic heterocycles. The van der Waals surface area contributed by atoms with E-state index in [4.69, 9.17) is 17.0 Å². The van der Waals surface area contributed by atoms with Crippen LogP contribution in [0.2, 0.25) is 0 Å². The van der Waals surface area contributed by atoms with Gasteiger partial charge in [-0.25, -0.2) is 0 Å². The molecular weight excluding hydrogens is 246 g/mol. The van der Waals surface area contributed by atoms with Crippen LogP contribution in [0.1, 0.15) is 11.1 Å². The first-order chi connectivity index (χ1) is 8.61. The molecule has 0 atom stereocenters. The second-order valence-corrected chi connectivity index (χ2v) is 4.76. The normalized spacial score (nSPS) is 10.8. The topological polar surface area (TPSA) is 42.8 Å². The zero-order chi connectivity index (χ0) is 13.1. The molecule has 1 N–H and O–H groups in total. The summed E-state index contributed by atoms with van der Waals surface area (Å²) >= 11 is 5.24. The molecule has 1 heterocycles. The van der Waals surface area contributed by atoms with Crippen LogP contribution < -0.4 is 0 Å². The number of hydrogen-bond acceptors (Lipinski definition) is 3. The maximum atomic E-state index is 5.24. The number of nitrogens with one attached hydrogen (secondary N) is 1. The summed E-state index contributed by atoms with van der Waals surface area (Å²) in [5, 5.41) is 7.16. The maximum Gasteiger partial charge on any atom is 0.195 e. The lowest BCUT2D eigenvalue weighted by atomic mass is 10.1. The van der Waals surface area contributed by atoms with Gasteiger partial charge in [-0.1, -0.05) is 17.2 Å². The van der Waals surface area contributed by atoms with Crippen LogP contribution >= 0.6 is 12.2 Å². The molecule has 0 spiro atoms. The van der Waals surface area contributed by atoms with E-state index in [2.05, 4.69) is 42.2 Å². The Morgan fingerprint density at radius 1 is 1.28 bits per heavy atom. The summed E-state index contributed by atoms with van der Waals surface area (Å²) in [6.07, 6.45) is 0. The van der Waals surface area contributed by atoms with Crippen LogP contribution in [0.4, 0.5) is 0 Å². The van der Waals surface area contributed by atoms with Crippen LogP contribution in [0.25, 0.3) is 11.4 Å². The fourth-order valence-corrected chi connectivity index (χ4v) is 2.26. The van der Waals surface area contributed by atoms with Gasteiger partial charge in [0, 0.05) is 12.7 Å². The first-order valence-electron chi connectivity index (χ1n) is 5.84. The standard InChI is InChI=1S/C13H17N3OS/c1-9-6-10(2)8-11(7-9)12-14-15-13(18)16(12)4-5-17-3/h6-8H,4-5H2,1-3H3,(H,15,18). The van der Waals surface area contributed by atoms with E-state index in [1.165, 1.54) is 11.1 Å². The predicted molar refractivity (Wildman–Crippen MR) is 74.2 cm³/mol. The van der Waals surface area contributed by atoms with Crippen LogP contribution in [-0.4, -0.2) is 28.5 Å². The van der Waals surface area contributed by atoms with E-state index >= 15 is 0 Å². The second kappa shape index (κ2) is 5.46. The van der Waals surface area contributed by atoms with Gasteiger partial charge in [0.1, 0.15) is 0 Å². The predicted octanol–water partition coefficient (Wildman–Crippen LogP) is 2.87. The highest BCUT2D eigenvalue weighted by Gasteiger charge is 2.09. The lowest BCUT2D eigenvalue weighted by molar-refractivity contribution is 0.187. The third-order valence-electron chi connectivity index (χ3n) is 2.76. The van der Waals surface area contributed by atoms with Crippen LogP contribution in [0.5, 0.6) is 0 Å². The molecule has 2 rings (SSSR count). The highest BCUT2D eigenvalue weighted by Crippen LogP contribution is 2.20. The summed E-state index contributed by atoms with van der Waals surface area (Å²) in [6.45, 7) is 5.48. The van der Waals surface area contributed by atoms with Crippen LogP contribution in [0, 0.1) is 18.6 Å². The fourth-order valence-electron chi connectivity index (χ4n) is 2.03. The summed E-state index contributed by atoms with van der Waals surface area (Å²) < 4.78 is 7.69. The van der Waals surface area contributed by atoms with E-state index in [0.717, 1.165) is 11.4 Å². The van der Waals surface area contributed by atoms with Gasteiger partial charge in [0.25, 0.3) is 0 Å². The van der Waals surface area contributed by atoms with Crippen LogP contribution in [0.15, 0.2) is 18.2 Å². The lowest BCUT2D eigenvalue weighted by Gasteiger charge is -2.07. The number of H-pyrrole nitrogens is 1. The number of ether oxygens (including phenoxy) is 1. The Labute approximate surface area is 112 Å². The molecule has 0 saturated carbocycles. The molecular formula is C13H17N3OS. The third kappa shape index (κ3) is 2.68. The number of aromatic nitrogens is 3. The SMILES string of the molecule is COCCn1c(-c2cc(C)cc(C)c2)n[nH]c1=S. The van der Waals surface area contributed by atoms with E-state index < -0.39 is 0 Å². The van der Waals surface area contributed by atoms with E-state index in [1.807, 2.05) is 4.57 Å². The first-order valence-corrected chi connectivity index (χ1v) is 6.25. The largest absolute Gasteiger partial charge is 0.383 e. The molecule has 0 unspecified atom stereocenters. The van der Waals surface area contributed by atoms with Gasteiger partial charge in [0.2, 0.25) is 0 Å². The van der Waals surface area contributed by atoms with Crippen molar-refractivity contribution in [2.45, 2.75) is 20.4 Å². The number of hydrogen-bond donors (Lipinski definition) is 1. The number of nitrogens with zero attached hydrogens (tertiary/aromatic N) is 2. The number of benzene rings is 1. The fraction of sp³-hybridized carbons (Fsp3) is 0.385. The zero-order valence-electron chi connectivity index (χ0n) is 10.9. The molecule has 0 saturated heterocycles. The molecule has 0 amide bonds. The average Bonchev–Trinajstić information content (AvgIpc) is 2.67. The Hall–Kier alpha value is -1.46.